The van der Waals surface area contributed by atoms with E-state index in [0.29, 0.717) is 33.9 Å². The molecule has 1 aliphatic heterocycles. The van der Waals surface area contributed by atoms with Gasteiger partial charge < -0.3 is 52.8 Å². The van der Waals surface area contributed by atoms with Crippen molar-refractivity contribution in [2.75, 3.05) is 46.4 Å². The second-order valence-electron chi connectivity index (χ2n) is 16.5. The second kappa shape index (κ2) is 22.0. The van der Waals surface area contributed by atoms with Gasteiger partial charge in [0.15, 0.2) is 0 Å². The predicted octanol–water partition coefficient (Wildman–Crippen LogP) is 0.704. The smallest absolute Gasteiger partial charge is 0.272 e. The number of rotatable bonds is 15. The highest BCUT2D eigenvalue weighted by molar-refractivity contribution is 5.99. The van der Waals surface area contributed by atoms with Crippen molar-refractivity contribution in [2.24, 2.45) is 17.2 Å². The van der Waals surface area contributed by atoms with Crippen molar-refractivity contribution in [3.63, 3.8) is 0 Å². The van der Waals surface area contributed by atoms with E-state index in [1.165, 1.54) is 20.2 Å². The molecule has 3 aromatic carbocycles. The summed E-state index contributed by atoms with van der Waals surface area (Å²) in [6.07, 6.45) is 1.14. The van der Waals surface area contributed by atoms with Gasteiger partial charge in [-0.05, 0) is 78.4 Å². The van der Waals surface area contributed by atoms with E-state index < -0.39 is 59.3 Å². The van der Waals surface area contributed by atoms with E-state index in [4.69, 9.17) is 31.9 Å². The molecule has 1 aromatic heterocycles. The van der Waals surface area contributed by atoms with Gasteiger partial charge in [-0.25, -0.2) is 0 Å². The van der Waals surface area contributed by atoms with E-state index >= 15 is 0 Å². The zero-order valence-corrected chi connectivity index (χ0v) is 37.2. The van der Waals surface area contributed by atoms with Crippen LogP contribution in [0.25, 0.3) is 16.8 Å². The van der Waals surface area contributed by atoms with Gasteiger partial charge in [-0.1, -0.05) is 45.0 Å². The van der Waals surface area contributed by atoms with Gasteiger partial charge in [0.2, 0.25) is 23.6 Å². The van der Waals surface area contributed by atoms with Gasteiger partial charge in [-0.3, -0.25) is 28.8 Å². The van der Waals surface area contributed by atoms with E-state index in [1.54, 1.807) is 48.5 Å². The maximum Gasteiger partial charge on any atom is 0.272 e. The number of hydrogen-bond donors (Lipinski definition) is 7. The number of nitrogens with one attached hydrogen (secondary N) is 4. The Bertz CT molecular complexity index is 2480. The van der Waals surface area contributed by atoms with Crippen LogP contribution in [0.1, 0.15) is 67.2 Å². The first-order valence-corrected chi connectivity index (χ1v) is 21.2. The van der Waals surface area contributed by atoms with Crippen LogP contribution in [0.2, 0.25) is 0 Å². The summed E-state index contributed by atoms with van der Waals surface area (Å²) < 4.78 is 13.3. The van der Waals surface area contributed by atoms with Crippen LogP contribution in [-0.4, -0.2) is 109 Å². The lowest BCUT2D eigenvalue weighted by atomic mass is 9.87. The van der Waals surface area contributed by atoms with Gasteiger partial charge in [-0.2, -0.15) is 15.0 Å². The lowest BCUT2D eigenvalue weighted by molar-refractivity contribution is -0.141. The predicted molar refractivity (Wildman–Crippen MR) is 242 cm³/mol. The number of ether oxygens (including phenoxy) is 2. The van der Waals surface area contributed by atoms with Crippen molar-refractivity contribution in [1.29, 1.82) is 5.26 Å². The Balaban J connectivity index is 1.55. The molecule has 4 atom stereocenters. The Morgan fingerprint density at radius 2 is 1.55 bits per heavy atom. The van der Waals surface area contributed by atoms with Crippen LogP contribution < -0.4 is 53.5 Å². The number of carbonyl (C=O) groups excluding carboxylic acids is 5. The van der Waals surface area contributed by atoms with Crippen LogP contribution >= 0.6 is 0 Å². The molecule has 0 fully saturated rings. The molecule has 0 saturated carbocycles. The first-order chi connectivity index (χ1) is 31.0. The van der Waals surface area contributed by atoms with E-state index in [9.17, 15) is 28.8 Å². The summed E-state index contributed by atoms with van der Waals surface area (Å²) >= 11 is 0. The minimum absolute atomic E-state index is 0.0126. The first kappa shape index (κ1) is 48.9. The van der Waals surface area contributed by atoms with E-state index in [1.807, 2.05) is 18.2 Å². The molecule has 65 heavy (non-hydrogen) atoms. The average molecular weight is 892 g/mol. The molecule has 4 aromatic rings. The maximum absolute atomic E-state index is 14.6. The Kier molecular flexibility index (Phi) is 16.5. The lowest BCUT2D eigenvalue weighted by Crippen LogP contribution is -2.56. The number of likely N-dealkylation sites (N-methyl/N-ethyl adjacent to an activating group) is 1. The summed E-state index contributed by atoms with van der Waals surface area (Å²) in [5.74, 6) is -2.93. The molecule has 0 spiro atoms. The Labute approximate surface area is 377 Å². The number of nitriles is 1. The standard InChI is InChI=1S/C46H57N11O8/c1-27-41(59)55-36(43(61)51-19-16-48)23-28-6-12-37(64-20-17-49)33(22-28)34-24-29(7-13-38(34)65-21-18-50)40(44(62)53-27)56(5)45(63)35(14-15-47)54-42(60)30-25-39(58)57(52-26-30)32-10-8-31(9-11-32)46(2,3)4/h6-13,22,24-27,35-36,40H,14-15,17-21,23,47,49-50H2,1-5H3,(H,51,61)(H,53,62)(H,54,60)(H,55,59)/t27-,35?,36-,40-/m0/s1. The van der Waals surface area contributed by atoms with Gasteiger partial charge in [0.25, 0.3) is 11.5 Å². The van der Waals surface area contributed by atoms with Gasteiger partial charge in [0.1, 0.15) is 55.4 Å². The Hall–Kier alpha value is -7.14. The van der Waals surface area contributed by atoms with Crippen LogP contribution in [0.4, 0.5) is 0 Å². The van der Waals surface area contributed by atoms with Crippen molar-refractivity contribution < 1.29 is 33.4 Å². The van der Waals surface area contributed by atoms with Crippen LogP contribution in [0.5, 0.6) is 11.5 Å². The normalized spacial score (nSPS) is 16.7. The maximum atomic E-state index is 14.6. The highest BCUT2D eigenvalue weighted by Gasteiger charge is 2.36. The molecular weight excluding hydrogens is 835 g/mol. The molecule has 0 aliphatic carbocycles. The number of benzene rings is 3. The first-order valence-electron chi connectivity index (χ1n) is 21.2. The van der Waals surface area contributed by atoms with Crippen LogP contribution in [0, 0.1) is 11.3 Å². The van der Waals surface area contributed by atoms with Crippen molar-refractivity contribution in [3.05, 3.63) is 106 Å². The zero-order chi connectivity index (χ0) is 47.4. The SMILES string of the molecule is C[C@@H]1NC(=O)[C@@H](N(C)C(=O)C(CCN)NC(=O)c2cnn(-c3ccc(C(C)(C)C)cc3)c(=O)c2)c2ccc(OCCN)c(c2)-c2cc(ccc2OCCN)C[C@@H](C(=O)NCC#N)NC1=O. The third-order valence-corrected chi connectivity index (χ3v) is 10.7. The van der Waals surface area contributed by atoms with Crippen LogP contribution in [0.15, 0.2) is 77.7 Å². The number of hydrogen-bond acceptors (Lipinski definition) is 13. The fourth-order valence-corrected chi connectivity index (χ4v) is 7.20. The van der Waals surface area contributed by atoms with E-state index in [2.05, 4.69) is 47.1 Å². The Morgan fingerprint density at radius 3 is 2.15 bits per heavy atom. The molecule has 10 N–H and O–H groups in total. The summed E-state index contributed by atoms with van der Waals surface area (Å²) in [6.45, 7) is 7.87. The molecule has 1 unspecified atom stereocenters. The number of aromatic nitrogens is 2. The molecule has 19 nitrogen and oxygen atoms in total. The van der Waals surface area contributed by atoms with Gasteiger partial charge in [-0.15, -0.1) is 0 Å². The highest BCUT2D eigenvalue weighted by Crippen LogP contribution is 2.40. The monoisotopic (exact) mass is 891 g/mol. The number of nitrogens with two attached hydrogens (primary N) is 3. The van der Waals surface area contributed by atoms with Gasteiger partial charge in [0, 0.05) is 43.8 Å². The zero-order valence-electron chi connectivity index (χ0n) is 37.2. The van der Waals surface area contributed by atoms with E-state index in [0.717, 1.165) is 21.2 Å². The molecule has 5 amide bonds. The molecule has 4 bridgehead atoms. The van der Waals surface area contributed by atoms with Crippen LogP contribution in [0.3, 0.4) is 0 Å². The summed E-state index contributed by atoms with van der Waals surface area (Å²) in [7, 11) is 1.37. The van der Waals surface area contributed by atoms with Crippen molar-refractivity contribution >= 4 is 29.5 Å². The lowest BCUT2D eigenvalue weighted by Gasteiger charge is -2.32. The quantitative estimate of drug-likeness (QED) is 0.0811. The summed E-state index contributed by atoms with van der Waals surface area (Å²) in [6, 6.07) is 15.2. The fourth-order valence-electron chi connectivity index (χ4n) is 7.20. The second-order valence-corrected chi connectivity index (χ2v) is 16.5. The average Bonchev–Trinajstić information content (AvgIpc) is 3.28. The topological polar surface area (TPSA) is 292 Å². The third kappa shape index (κ3) is 12.1. The van der Waals surface area contributed by atoms with Crippen LogP contribution in [-0.2, 0) is 31.0 Å². The molecule has 0 radical (unpaired) electrons. The minimum Gasteiger partial charge on any atom is -0.492 e. The molecule has 0 saturated heterocycles. The number of fused-ring (bicyclic) bond motifs is 5. The molecule has 2 heterocycles. The number of amides is 5. The number of carbonyl (C=O) groups is 5. The highest BCUT2D eigenvalue weighted by atomic mass is 16.5. The fraction of sp³-hybridized carbons (Fsp3) is 0.391. The Morgan fingerprint density at radius 1 is 0.908 bits per heavy atom. The molecule has 344 valence electrons. The van der Waals surface area contributed by atoms with Crippen molar-refractivity contribution in [1.82, 2.24) is 35.9 Å². The molecular formula is C46H57N11O8. The van der Waals surface area contributed by atoms with E-state index in [-0.39, 0.29) is 68.8 Å². The summed E-state index contributed by atoms with van der Waals surface area (Å²) in [5, 5.41) is 23.9. The molecule has 19 heteroatoms. The van der Waals surface area contributed by atoms with Crippen molar-refractivity contribution in [3.8, 4) is 34.4 Å². The summed E-state index contributed by atoms with van der Waals surface area (Å²) in [4.78, 5) is 84.2. The molecule has 1 aliphatic rings. The summed E-state index contributed by atoms with van der Waals surface area (Å²) in [5.41, 5.74) is 20.1. The van der Waals surface area contributed by atoms with Gasteiger partial charge >= 0.3 is 0 Å². The number of nitrogens with zero attached hydrogens (tertiary/aromatic N) is 4. The largest absolute Gasteiger partial charge is 0.492 e. The van der Waals surface area contributed by atoms with Gasteiger partial charge in [0.05, 0.1) is 23.5 Å². The minimum atomic E-state index is -1.44. The van der Waals surface area contributed by atoms with Crippen molar-refractivity contribution in [2.45, 2.75) is 70.1 Å². The molecule has 5 rings (SSSR count). The third-order valence-electron chi connectivity index (χ3n) is 10.7.